The lowest BCUT2D eigenvalue weighted by Gasteiger charge is -2.30. The Bertz CT molecular complexity index is 1450. The zero-order valence-corrected chi connectivity index (χ0v) is 21.0. The number of anilines is 1. The number of benzene rings is 4. The van der Waals surface area contributed by atoms with Crippen molar-refractivity contribution in [1.29, 1.82) is 0 Å². The molecule has 6 rings (SSSR count). The lowest BCUT2D eigenvalue weighted by atomic mass is 9.73. The van der Waals surface area contributed by atoms with Crippen LogP contribution in [0.25, 0.3) is 16.8 Å². The highest BCUT2D eigenvalue weighted by atomic mass is 14.9. The summed E-state index contributed by atoms with van der Waals surface area (Å²) >= 11 is 0. The van der Waals surface area contributed by atoms with E-state index in [1.807, 2.05) is 30.6 Å². The predicted octanol–water partition coefficient (Wildman–Crippen LogP) is 8.22. The second-order valence-electron chi connectivity index (χ2n) is 9.81. The Morgan fingerprint density at radius 3 is 2.05 bits per heavy atom. The van der Waals surface area contributed by atoms with Crippen molar-refractivity contribution in [3.63, 3.8) is 0 Å². The zero-order chi connectivity index (χ0) is 25.1. The Kier molecular flexibility index (Phi) is 6.20. The molecule has 0 fully saturated rings. The minimum absolute atomic E-state index is 0.234. The number of nitrogens with zero attached hydrogens (tertiary/aromatic N) is 1. The Morgan fingerprint density at radius 1 is 0.757 bits per heavy atom. The van der Waals surface area contributed by atoms with Crippen molar-refractivity contribution < 1.29 is 0 Å². The monoisotopic (exact) mass is 481 g/mol. The molecule has 1 heterocycles. The van der Waals surface area contributed by atoms with E-state index in [0.29, 0.717) is 0 Å². The Morgan fingerprint density at radius 2 is 1.41 bits per heavy atom. The number of H-pyrrole nitrogens is 1. The fourth-order valence-corrected chi connectivity index (χ4v) is 5.83. The molecule has 1 aliphatic rings. The Labute approximate surface area is 218 Å². The molecule has 0 aliphatic heterocycles. The second kappa shape index (κ2) is 9.94. The van der Waals surface area contributed by atoms with Crippen molar-refractivity contribution in [2.45, 2.75) is 31.1 Å². The third-order valence-electron chi connectivity index (χ3n) is 7.60. The van der Waals surface area contributed by atoms with Crippen LogP contribution in [0.5, 0.6) is 0 Å². The van der Waals surface area contributed by atoms with Crippen LogP contribution in [0.15, 0.2) is 122 Å². The summed E-state index contributed by atoms with van der Waals surface area (Å²) in [6, 6.07) is 36.6. The van der Waals surface area contributed by atoms with Crippen molar-refractivity contribution in [2.24, 2.45) is 0 Å². The molecule has 3 nitrogen and oxygen atoms in total. The number of aryl methyl sites for hydroxylation is 1. The van der Waals surface area contributed by atoms with Gasteiger partial charge >= 0.3 is 0 Å². The van der Waals surface area contributed by atoms with Crippen molar-refractivity contribution in [3.8, 4) is 11.1 Å². The average Bonchev–Trinajstić information content (AvgIpc) is 3.59. The van der Waals surface area contributed by atoms with Crippen LogP contribution in [0.2, 0.25) is 0 Å². The molecule has 0 spiro atoms. The molecule has 0 saturated carbocycles. The van der Waals surface area contributed by atoms with Crippen LogP contribution in [-0.2, 0) is 11.8 Å². The van der Waals surface area contributed by atoms with E-state index < -0.39 is 0 Å². The highest BCUT2D eigenvalue weighted by molar-refractivity contribution is 5.82. The number of hydrogen-bond acceptors (Lipinski definition) is 2. The number of aromatic amines is 1. The van der Waals surface area contributed by atoms with E-state index in [-0.39, 0.29) is 5.41 Å². The van der Waals surface area contributed by atoms with Crippen molar-refractivity contribution in [1.82, 2.24) is 9.97 Å². The molecule has 0 amide bonds. The number of fused-ring (bicyclic) bond motifs is 3. The van der Waals surface area contributed by atoms with Gasteiger partial charge in [-0.05, 0) is 64.8 Å². The van der Waals surface area contributed by atoms with Crippen LogP contribution in [0.4, 0.5) is 5.69 Å². The highest BCUT2D eigenvalue weighted by Gasteiger charge is 2.45. The first kappa shape index (κ1) is 23.1. The van der Waals surface area contributed by atoms with E-state index in [2.05, 4.69) is 102 Å². The summed E-state index contributed by atoms with van der Waals surface area (Å²) in [5.41, 5.74) is 9.58. The molecule has 37 heavy (non-hydrogen) atoms. The van der Waals surface area contributed by atoms with Crippen LogP contribution in [0, 0.1) is 0 Å². The SMILES string of the molecule is C=C(Nc1ccc(CCCCC2(c3ncc[nH]3)c3ccccc3-c3ccccc32)cc1)c1ccccc1. The summed E-state index contributed by atoms with van der Waals surface area (Å²) in [5.74, 6) is 1.04. The van der Waals surface area contributed by atoms with Gasteiger partial charge in [-0.15, -0.1) is 0 Å². The molecule has 0 saturated heterocycles. The van der Waals surface area contributed by atoms with E-state index in [1.54, 1.807) is 0 Å². The molecule has 5 aromatic rings. The number of aromatic nitrogens is 2. The maximum atomic E-state index is 4.79. The molecule has 1 aromatic heterocycles. The number of imidazole rings is 1. The third kappa shape index (κ3) is 4.27. The van der Waals surface area contributed by atoms with Gasteiger partial charge in [0.15, 0.2) is 0 Å². The van der Waals surface area contributed by atoms with Gasteiger partial charge in [0.05, 0.1) is 5.41 Å². The van der Waals surface area contributed by atoms with Gasteiger partial charge in [0.1, 0.15) is 5.82 Å². The van der Waals surface area contributed by atoms with Crippen LogP contribution >= 0.6 is 0 Å². The predicted molar refractivity (Wildman–Crippen MR) is 153 cm³/mol. The fourth-order valence-electron chi connectivity index (χ4n) is 5.83. The van der Waals surface area contributed by atoms with Crippen molar-refractivity contribution >= 4 is 11.4 Å². The van der Waals surface area contributed by atoms with Gasteiger partial charge in [-0.3, -0.25) is 0 Å². The molecule has 182 valence electrons. The normalized spacial score (nSPS) is 13.1. The first-order valence-corrected chi connectivity index (χ1v) is 13.1. The lowest BCUT2D eigenvalue weighted by molar-refractivity contribution is 0.506. The van der Waals surface area contributed by atoms with Crippen LogP contribution in [0.3, 0.4) is 0 Å². The van der Waals surface area contributed by atoms with E-state index >= 15 is 0 Å². The fraction of sp³-hybridized carbons (Fsp3) is 0.147. The maximum Gasteiger partial charge on any atom is 0.121 e. The quantitative estimate of drug-likeness (QED) is 0.208. The maximum absolute atomic E-state index is 4.79. The summed E-state index contributed by atoms with van der Waals surface area (Å²) in [4.78, 5) is 8.26. The van der Waals surface area contributed by atoms with Gasteiger partial charge in [0.25, 0.3) is 0 Å². The van der Waals surface area contributed by atoms with Gasteiger partial charge in [0, 0.05) is 23.8 Å². The minimum Gasteiger partial charge on any atom is -0.356 e. The molecule has 1 aliphatic carbocycles. The molecule has 0 bridgehead atoms. The van der Waals surface area contributed by atoms with E-state index in [4.69, 9.17) is 4.98 Å². The number of rotatable bonds is 9. The summed E-state index contributed by atoms with van der Waals surface area (Å²) < 4.78 is 0. The Balaban J connectivity index is 1.16. The van der Waals surface area contributed by atoms with Crippen LogP contribution < -0.4 is 5.32 Å². The van der Waals surface area contributed by atoms with Gasteiger partial charge in [-0.25, -0.2) is 4.98 Å². The molecular formula is C34H31N3. The van der Waals surface area contributed by atoms with Crippen molar-refractivity contribution in [3.05, 3.63) is 150 Å². The van der Waals surface area contributed by atoms with E-state index in [9.17, 15) is 0 Å². The molecule has 0 atom stereocenters. The zero-order valence-electron chi connectivity index (χ0n) is 21.0. The number of nitrogens with one attached hydrogen (secondary N) is 2. The summed E-state index contributed by atoms with van der Waals surface area (Å²) in [7, 11) is 0. The molecular weight excluding hydrogens is 450 g/mol. The standard InChI is InChI=1S/C34H31N3/c1-25(27-12-3-2-4-13-27)37-28-20-18-26(19-21-28)11-9-10-22-34(33-35-23-24-36-33)31-16-7-5-14-29(31)30-15-6-8-17-32(30)34/h2-8,12-21,23-24,37H,1,9-11,22H2,(H,35,36). The van der Waals surface area contributed by atoms with Gasteiger partial charge in [0.2, 0.25) is 0 Å². The lowest BCUT2D eigenvalue weighted by Crippen LogP contribution is -2.28. The second-order valence-corrected chi connectivity index (χ2v) is 9.81. The molecule has 0 radical (unpaired) electrons. The number of hydrogen-bond donors (Lipinski definition) is 2. The molecule has 2 N–H and O–H groups in total. The van der Waals surface area contributed by atoms with Crippen molar-refractivity contribution in [2.75, 3.05) is 5.32 Å². The first-order chi connectivity index (χ1) is 18.3. The van der Waals surface area contributed by atoms with Crippen LogP contribution in [-0.4, -0.2) is 9.97 Å². The Hall–Kier alpha value is -4.37. The summed E-state index contributed by atoms with van der Waals surface area (Å²) in [6.07, 6.45) is 8.12. The highest BCUT2D eigenvalue weighted by Crippen LogP contribution is 2.53. The molecule has 3 heteroatoms. The first-order valence-electron chi connectivity index (χ1n) is 13.1. The van der Waals surface area contributed by atoms with Gasteiger partial charge in [-0.1, -0.05) is 104 Å². The minimum atomic E-state index is -0.234. The number of unbranched alkanes of at least 4 members (excludes halogenated alkanes) is 1. The van der Waals surface area contributed by atoms with E-state index in [0.717, 1.165) is 48.5 Å². The summed E-state index contributed by atoms with van der Waals surface area (Å²) in [5, 5.41) is 3.42. The smallest absolute Gasteiger partial charge is 0.121 e. The molecule has 4 aromatic carbocycles. The molecule has 0 unspecified atom stereocenters. The van der Waals surface area contributed by atoms with Crippen LogP contribution in [0.1, 0.15) is 47.3 Å². The van der Waals surface area contributed by atoms with Gasteiger partial charge < -0.3 is 10.3 Å². The average molecular weight is 482 g/mol. The third-order valence-corrected chi connectivity index (χ3v) is 7.60. The summed E-state index contributed by atoms with van der Waals surface area (Å²) in [6.45, 7) is 4.18. The largest absolute Gasteiger partial charge is 0.356 e. The topological polar surface area (TPSA) is 40.7 Å². The van der Waals surface area contributed by atoms with Gasteiger partial charge in [-0.2, -0.15) is 0 Å². The van der Waals surface area contributed by atoms with E-state index in [1.165, 1.54) is 27.8 Å².